The van der Waals surface area contributed by atoms with E-state index in [1.807, 2.05) is 31.2 Å². The van der Waals surface area contributed by atoms with Gasteiger partial charge in [-0.3, -0.25) is 4.79 Å². The van der Waals surface area contributed by atoms with Crippen LogP contribution in [0.15, 0.2) is 60.7 Å². The summed E-state index contributed by atoms with van der Waals surface area (Å²) in [5.74, 6) is 0.704. The molecule has 0 heterocycles. The summed E-state index contributed by atoms with van der Waals surface area (Å²) in [6.45, 7) is 1.98. The van der Waals surface area contributed by atoms with E-state index in [0.29, 0.717) is 11.5 Å². The number of nitrogens with one attached hydrogen (secondary N) is 1. The minimum absolute atomic E-state index is 0.0327. The summed E-state index contributed by atoms with van der Waals surface area (Å²) in [6, 6.07) is 19.2. The first-order chi connectivity index (χ1) is 13.1. The van der Waals surface area contributed by atoms with E-state index in [1.165, 1.54) is 30.3 Å². The number of benzene rings is 3. The van der Waals surface area contributed by atoms with Crippen LogP contribution in [0.4, 0.5) is 4.39 Å². The maximum atomic E-state index is 13.7. The van der Waals surface area contributed by atoms with Gasteiger partial charge >= 0.3 is 0 Å². The molecule has 1 N–H and O–H groups in total. The number of fused-ring (bicyclic) bond motifs is 1. The zero-order chi connectivity index (χ0) is 19.2. The molecule has 3 aromatic carbocycles. The van der Waals surface area contributed by atoms with Crippen molar-refractivity contribution in [3.05, 3.63) is 77.6 Å². The molecule has 3 nitrogen and oxygen atoms in total. The number of halogens is 1. The van der Waals surface area contributed by atoms with Gasteiger partial charge in [-0.05, 0) is 47.0 Å². The Morgan fingerprint density at radius 1 is 1.11 bits per heavy atom. The number of ether oxygens (including phenoxy) is 1. The number of thioether (sulfide) groups is 1. The average molecular weight is 383 g/mol. The van der Waals surface area contributed by atoms with Gasteiger partial charge in [-0.15, -0.1) is 11.8 Å². The van der Waals surface area contributed by atoms with E-state index in [1.54, 1.807) is 6.07 Å². The lowest BCUT2D eigenvalue weighted by Crippen LogP contribution is -2.28. The fourth-order valence-corrected chi connectivity index (χ4v) is 3.69. The van der Waals surface area contributed by atoms with E-state index < -0.39 is 0 Å². The molecule has 0 bridgehead atoms. The molecule has 1 atom stereocenters. The van der Waals surface area contributed by atoms with Crippen LogP contribution in [0.25, 0.3) is 10.8 Å². The van der Waals surface area contributed by atoms with Crippen molar-refractivity contribution < 1.29 is 13.9 Å². The summed E-state index contributed by atoms with van der Waals surface area (Å²) in [5.41, 5.74) is 1.90. The topological polar surface area (TPSA) is 38.3 Å². The molecule has 0 unspecified atom stereocenters. The van der Waals surface area contributed by atoms with Gasteiger partial charge in [0.1, 0.15) is 0 Å². The Bertz CT molecular complexity index is 944. The van der Waals surface area contributed by atoms with Crippen molar-refractivity contribution in [3.63, 3.8) is 0 Å². The van der Waals surface area contributed by atoms with Crippen molar-refractivity contribution >= 4 is 28.4 Å². The van der Waals surface area contributed by atoms with Gasteiger partial charge in [-0.2, -0.15) is 0 Å². The highest BCUT2D eigenvalue weighted by Gasteiger charge is 2.11. The Hall–Kier alpha value is -2.53. The molecule has 5 heteroatoms. The first-order valence-corrected chi connectivity index (χ1v) is 9.90. The Labute approximate surface area is 162 Å². The van der Waals surface area contributed by atoms with Gasteiger partial charge in [0.25, 0.3) is 0 Å². The Morgan fingerprint density at radius 2 is 1.89 bits per heavy atom. The van der Waals surface area contributed by atoms with Crippen LogP contribution in [0.2, 0.25) is 0 Å². The normalized spacial score (nSPS) is 12.0. The molecule has 0 fully saturated rings. The molecule has 0 aliphatic rings. The van der Waals surface area contributed by atoms with Crippen molar-refractivity contribution in [2.75, 3.05) is 12.9 Å². The summed E-state index contributed by atoms with van der Waals surface area (Å²) in [7, 11) is 1.44. The second kappa shape index (κ2) is 8.91. The number of carbonyl (C=O) groups excluding carboxylic acids is 1. The zero-order valence-corrected chi connectivity index (χ0v) is 16.2. The minimum atomic E-state index is -0.384. The quantitative estimate of drug-likeness (QED) is 0.617. The van der Waals surface area contributed by atoms with E-state index in [2.05, 4.69) is 29.6 Å². The maximum absolute atomic E-state index is 13.7. The van der Waals surface area contributed by atoms with Crippen molar-refractivity contribution in [3.8, 4) is 5.75 Å². The van der Waals surface area contributed by atoms with Gasteiger partial charge in [-0.1, -0.05) is 42.5 Å². The summed E-state index contributed by atoms with van der Waals surface area (Å²) in [6.07, 6.45) is 0. The number of hydrogen-bond donors (Lipinski definition) is 1. The number of carbonyl (C=O) groups is 1. The van der Waals surface area contributed by atoms with Crippen molar-refractivity contribution in [2.24, 2.45) is 0 Å². The highest BCUT2D eigenvalue weighted by Crippen LogP contribution is 2.22. The van der Waals surface area contributed by atoms with Crippen LogP contribution in [-0.2, 0) is 10.5 Å². The third kappa shape index (κ3) is 5.01. The van der Waals surface area contributed by atoms with Gasteiger partial charge in [0.2, 0.25) is 5.91 Å². The highest BCUT2D eigenvalue weighted by atomic mass is 32.2. The molecule has 3 rings (SSSR count). The third-order valence-corrected chi connectivity index (χ3v) is 5.37. The van der Waals surface area contributed by atoms with Gasteiger partial charge in [-0.25, -0.2) is 4.39 Å². The third-order valence-electron chi connectivity index (χ3n) is 4.37. The minimum Gasteiger partial charge on any atom is -0.494 e. The van der Waals surface area contributed by atoms with Gasteiger partial charge in [0, 0.05) is 5.75 Å². The van der Waals surface area contributed by atoms with Gasteiger partial charge < -0.3 is 10.1 Å². The number of amides is 1. The smallest absolute Gasteiger partial charge is 0.230 e. The van der Waals surface area contributed by atoms with Crippen LogP contribution < -0.4 is 10.1 Å². The fraction of sp³-hybridized carbons (Fsp3) is 0.227. The van der Waals surface area contributed by atoms with E-state index in [0.717, 1.165) is 16.5 Å². The summed E-state index contributed by atoms with van der Waals surface area (Å²) >= 11 is 1.46. The molecule has 0 radical (unpaired) electrons. The van der Waals surface area contributed by atoms with Crippen LogP contribution in [0.1, 0.15) is 24.1 Å². The fourth-order valence-electron chi connectivity index (χ4n) is 2.90. The molecule has 3 aromatic rings. The summed E-state index contributed by atoms with van der Waals surface area (Å²) in [5, 5.41) is 5.36. The highest BCUT2D eigenvalue weighted by molar-refractivity contribution is 7.99. The molecule has 0 saturated carbocycles. The lowest BCUT2D eigenvalue weighted by molar-refractivity contribution is -0.119. The second-order valence-electron chi connectivity index (χ2n) is 6.36. The molecule has 0 saturated heterocycles. The standard InChI is InChI=1S/C22H22FNO2S/c1-15(18-9-8-17-5-3-4-6-19(17)12-18)24-22(25)14-27-13-16-7-10-21(26-2)20(23)11-16/h3-12,15H,13-14H2,1-2H3,(H,24,25)/t15-/m1/s1. The van der Waals surface area contributed by atoms with Crippen molar-refractivity contribution in [1.82, 2.24) is 5.32 Å². The lowest BCUT2D eigenvalue weighted by Gasteiger charge is -2.15. The number of methoxy groups -OCH3 is 1. The first-order valence-electron chi connectivity index (χ1n) is 8.75. The molecule has 1 amide bonds. The number of hydrogen-bond acceptors (Lipinski definition) is 3. The lowest BCUT2D eigenvalue weighted by atomic mass is 10.0. The Morgan fingerprint density at radius 3 is 2.63 bits per heavy atom. The van der Waals surface area contributed by atoms with Crippen LogP contribution in [0, 0.1) is 5.82 Å². The molecule has 0 aromatic heterocycles. The monoisotopic (exact) mass is 383 g/mol. The van der Waals surface area contributed by atoms with E-state index in [4.69, 9.17) is 4.74 Å². The molecule has 0 aliphatic heterocycles. The van der Waals surface area contributed by atoms with Crippen LogP contribution in [-0.4, -0.2) is 18.8 Å². The van der Waals surface area contributed by atoms with Crippen LogP contribution in [0.5, 0.6) is 5.75 Å². The molecule has 27 heavy (non-hydrogen) atoms. The Kier molecular flexibility index (Phi) is 6.35. The van der Waals surface area contributed by atoms with Crippen molar-refractivity contribution in [2.45, 2.75) is 18.7 Å². The summed E-state index contributed by atoms with van der Waals surface area (Å²) in [4.78, 5) is 12.2. The van der Waals surface area contributed by atoms with Crippen LogP contribution >= 0.6 is 11.8 Å². The second-order valence-corrected chi connectivity index (χ2v) is 7.34. The molecular weight excluding hydrogens is 361 g/mol. The molecule has 140 valence electrons. The average Bonchev–Trinajstić information content (AvgIpc) is 2.67. The summed E-state index contributed by atoms with van der Waals surface area (Å²) < 4.78 is 18.6. The predicted molar refractivity (Wildman–Crippen MR) is 110 cm³/mol. The maximum Gasteiger partial charge on any atom is 0.230 e. The van der Waals surface area contributed by atoms with Gasteiger partial charge in [0.05, 0.1) is 18.9 Å². The number of rotatable bonds is 7. The zero-order valence-electron chi connectivity index (χ0n) is 15.4. The predicted octanol–water partition coefficient (Wildman–Crippen LogP) is 5.10. The SMILES string of the molecule is COc1ccc(CSCC(=O)N[C@H](C)c2ccc3ccccc3c2)cc1F. The first kappa shape index (κ1) is 19.2. The van der Waals surface area contributed by atoms with Crippen molar-refractivity contribution in [1.29, 1.82) is 0 Å². The molecule has 0 aliphatic carbocycles. The van der Waals surface area contributed by atoms with E-state index in [-0.39, 0.29) is 23.5 Å². The van der Waals surface area contributed by atoms with Gasteiger partial charge in [0.15, 0.2) is 11.6 Å². The molecule has 0 spiro atoms. The van der Waals surface area contributed by atoms with E-state index >= 15 is 0 Å². The largest absolute Gasteiger partial charge is 0.494 e. The van der Waals surface area contributed by atoms with Crippen LogP contribution in [0.3, 0.4) is 0 Å². The molecular formula is C22H22FNO2S. The Balaban J connectivity index is 1.51. The van der Waals surface area contributed by atoms with E-state index in [9.17, 15) is 9.18 Å².